The number of benzene rings is 3. The van der Waals surface area contributed by atoms with Gasteiger partial charge < -0.3 is 15.0 Å². The van der Waals surface area contributed by atoms with Crippen LogP contribution in [0.4, 0.5) is 4.39 Å². The van der Waals surface area contributed by atoms with E-state index in [1.165, 1.54) is 12.1 Å². The minimum atomic E-state index is -0.266. The highest BCUT2D eigenvalue weighted by Crippen LogP contribution is 2.33. The van der Waals surface area contributed by atoms with Crippen molar-refractivity contribution in [1.29, 1.82) is 0 Å². The predicted molar refractivity (Wildman–Crippen MR) is 119 cm³/mol. The van der Waals surface area contributed by atoms with Gasteiger partial charge in [0, 0.05) is 35.0 Å². The molecule has 3 aromatic carbocycles. The molecular weight excluding hydrogens is 391 g/mol. The SMILES string of the molecule is O=C(CCc1c(-c2ccc(F)cc2)[nH]c2ccccc12)N[C@@H]1CCOc2ccccc21. The van der Waals surface area contributed by atoms with Crippen LogP contribution >= 0.6 is 0 Å². The molecule has 2 N–H and O–H groups in total. The van der Waals surface area contributed by atoms with Crippen LogP contribution in [-0.2, 0) is 11.2 Å². The number of carbonyl (C=O) groups excluding carboxylic acids is 1. The van der Waals surface area contributed by atoms with Crippen LogP contribution in [0.25, 0.3) is 22.2 Å². The molecule has 2 heterocycles. The molecule has 31 heavy (non-hydrogen) atoms. The zero-order valence-electron chi connectivity index (χ0n) is 17.0. The normalized spacial score (nSPS) is 15.3. The minimum absolute atomic E-state index is 0.0111. The molecule has 0 unspecified atom stereocenters. The van der Waals surface area contributed by atoms with Gasteiger partial charge >= 0.3 is 0 Å². The summed E-state index contributed by atoms with van der Waals surface area (Å²) in [7, 11) is 0. The molecule has 0 fully saturated rings. The molecule has 1 aliphatic rings. The Morgan fingerprint density at radius 1 is 1.03 bits per heavy atom. The lowest BCUT2D eigenvalue weighted by Crippen LogP contribution is -2.32. The van der Waals surface area contributed by atoms with E-state index in [0.29, 0.717) is 19.4 Å². The summed E-state index contributed by atoms with van der Waals surface area (Å²) in [5.74, 6) is 0.587. The van der Waals surface area contributed by atoms with E-state index in [4.69, 9.17) is 4.74 Å². The molecule has 0 saturated carbocycles. The smallest absolute Gasteiger partial charge is 0.220 e. The Hall–Kier alpha value is -3.60. The number of ether oxygens (including phenoxy) is 1. The molecule has 0 saturated heterocycles. The Kier molecular flexibility index (Phi) is 5.16. The number of rotatable bonds is 5. The maximum atomic E-state index is 13.4. The molecule has 5 heteroatoms. The molecule has 5 rings (SSSR count). The number of fused-ring (bicyclic) bond motifs is 2. The third-order valence-electron chi connectivity index (χ3n) is 5.84. The summed E-state index contributed by atoms with van der Waals surface area (Å²) in [5.41, 5.74) is 4.96. The fraction of sp³-hybridized carbons (Fsp3) is 0.192. The first-order valence-electron chi connectivity index (χ1n) is 10.6. The van der Waals surface area contributed by atoms with Gasteiger partial charge in [0.2, 0.25) is 5.91 Å². The first-order chi connectivity index (χ1) is 15.2. The van der Waals surface area contributed by atoms with E-state index >= 15 is 0 Å². The Labute approximate surface area is 180 Å². The summed E-state index contributed by atoms with van der Waals surface area (Å²) in [6.07, 6.45) is 1.72. The first-order valence-corrected chi connectivity index (χ1v) is 10.6. The van der Waals surface area contributed by atoms with E-state index in [2.05, 4.69) is 16.4 Å². The highest BCUT2D eigenvalue weighted by Gasteiger charge is 2.23. The fourth-order valence-corrected chi connectivity index (χ4v) is 4.32. The van der Waals surface area contributed by atoms with Crippen molar-refractivity contribution in [2.75, 3.05) is 6.61 Å². The molecule has 0 aliphatic carbocycles. The van der Waals surface area contributed by atoms with E-state index in [9.17, 15) is 9.18 Å². The van der Waals surface area contributed by atoms with Crippen molar-refractivity contribution < 1.29 is 13.9 Å². The molecule has 1 aromatic heterocycles. The van der Waals surface area contributed by atoms with Crippen molar-refractivity contribution in [2.24, 2.45) is 0 Å². The van der Waals surface area contributed by atoms with Gasteiger partial charge in [-0.1, -0.05) is 36.4 Å². The van der Waals surface area contributed by atoms with Crippen LogP contribution < -0.4 is 10.1 Å². The second kappa shape index (κ2) is 8.26. The van der Waals surface area contributed by atoms with Gasteiger partial charge in [-0.3, -0.25) is 4.79 Å². The van der Waals surface area contributed by atoms with Gasteiger partial charge in [-0.2, -0.15) is 0 Å². The number of halogens is 1. The Morgan fingerprint density at radius 2 is 1.81 bits per heavy atom. The average molecular weight is 414 g/mol. The third kappa shape index (κ3) is 3.91. The molecule has 156 valence electrons. The molecule has 0 radical (unpaired) electrons. The van der Waals surface area contributed by atoms with Gasteiger partial charge in [-0.15, -0.1) is 0 Å². The lowest BCUT2D eigenvalue weighted by atomic mass is 9.99. The molecule has 0 bridgehead atoms. The maximum Gasteiger partial charge on any atom is 0.220 e. The Bertz CT molecular complexity index is 1230. The number of para-hydroxylation sites is 2. The molecule has 4 nitrogen and oxygen atoms in total. The topological polar surface area (TPSA) is 54.1 Å². The van der Waals surface area contributed by atoms with E-state index in [1.807, 2.05) is 42.5 Å². The molecule has 1 atom stereocenters. The zero-order chi connectivity index (χ0) is 21.2. The lowest BCUT2D eigenvalue weighted by molar-refractivity contribution is -0.122. The molecule has 4 aromatic rings. The number of hydrogen-bond acceptors (Lipinski definition) is 2. The van der Waals surface area contributed by atoms with Crippen molar-refractivity contribution >= 4 is 16.8 Å². The van der Waals surface area contributed by atoms with Crippen LogP contribution in [0, 0.1) is 5.82 Å². The highest BCUT2D eigenvalue weighted by molar-refractivity contribution is 5.91. The summed E-state index contributed by atoms with van der Waals surface area (Å²) < 4.78 is 19.1. The second-order valence-corrected chi connectivity index (χ2v) is 7.83. The lowest BCUT2D eigenvalue weighted by Gasteiger charge is -2.26. The van der Waals surface area contributed by atoms with Crippen LogP contribution in [0.5, 0.6) is 5.75 Å². The number of carbonyl (C=O) groups is 1. The quantitative estimate of drug-likeness (QED) is 0.450. The van der Waals surface area contributed by atoms with Crippen LogP contribution in [-0.4, -0.2) is 17.5 Å². The van der Waals surface area contributed by atoms with Gasteiger partial charge in [-0.05, 0) is 53.9 Å². The maximum absolute atomic E-state index is 13.4. The van der Waals surface area contributed by atoms with Crippen molar-refractivity contribution in [3.8, 4) is 17.0 Å². The van der Waals surface area contributed by atoms with Gasteiger partial charge in [0.1, 0.15) is 11.6 Å². The predicted octanol–water partition coefficient (Wildman–Crippen LogP) is 5.55. The molecule has 1 amide bonds. The number of aromatic nitrogens is 1. The number of nitrogens with one attached hydrogen (secondary N) is 2. The van der Waals surface area contributed by atoms with E-state index < -0.39 is 0 Å². The van der Waals surface area contributed by atoms with Crippen molar-refractivity contribution in [3.05, 3.63) is 89.7 Å². The summed E-state index contributed by atoms with van der Waals surface area (Å²) in [6, 6.07) is 22.3. The molecular formula is C26H23FN2O2. The Balaban J connectivity index is 1.37. The molecule has 1 aliphatic heterocycles. The van der Waals surface area contributed by atoms with Crippen LogP contribution in [0.2, 0.25) is 0 Å². The van der Waals surface area contributed by atoms with Gasteiger partial charge in [-0.25, -0.2) is 4.39 Å². The number of hydrogen-bond donors (Lipinski definition) is 2. The summed E-state index contributed by atoms with van der Waals surface area (Å²) in [4.78, 5) is 16.3. The van der Waals surface area contributed by atoms with Gasteiger partial charge in [0.25, 0.3) is 0 Å². The van der Waals surface area contributed by atoms with E-state index in [0.717, 1.165) is 45.5 Å². The minimum Gasteiger partial charge on any atom is -0.493 e. The molecule has 0 spiro atoms. The van der Waals surface area contributed by atoms with E-state index in [1.54, 1.807) is 12.1 Å². The standard InChI is InChI=1S/C26H23FN2O2/c27-18-11-9-17(10-12-18)26-20(19-5-1-3-7-22(19)29-26)13-14-25(30)28-23-15-16-31-24-8-4-2-6-21(23)24/h1-12,23,29H,13-16H2,(H,28,30)/t23-/m1/s1. The summed E-state index contributed by atoms with van der Waals surface area (Å²) in [6.45, 7) is 0.596. The number of H-pyrrole nitrogens is 1. The zero-order valence-corrected chi connectivity index (χ0v) is 17.0. The van der Waals surface area contributed by atoms with Gasteiger partial charge in [0.15, 0.2) is 0 Å². The summed E-state index contributed by atoms with van der Waals surface area (Å²) >= 11 is 0. The highest BCUT2D eigenvalue weighted by atomic mass is 19.1. The fourth-order valence-electron chi connectivity index (χ4n) is 4.32. The first kappa shape index (κ1) is 19.4. The average Bonchev–Trinajstić information content (AvgIpc) is 3.17. The van der Waals surface area contributed by atoms with Crippen LogP contribution in [0.1, 0.15) is 30.0 Å². The van der Waals surface area contributed by atoms with Crippen molar-refractivity contribution in [1.82, 2.24) is 10.3 Å². The summed E-state index contributed by atoms with van der Waals surface area (Å²) in [5, 5.41) is 4.26. The van der Waals surface area contributed by atoms with Crippen molar-refractivity contribution in [3.63, 3.8) is 0 Å². The van der Waals surface area contributed by atoms with Crippen LogP contribution in [0.15, 0.2) is 72.8 Å². The number of amides is 1. The largest absolute Gasteiger partial charge is 0.493 e. The van der Waals surface area contributed by atoms with Crippen molar-refractivity contribution in [2.45, 2.75) is 25.3 Å². The number of aryl methyl sites for hydroxylation is 1. The monoisotopic (exact) mass is 414 g/mol. The Morgan fingerprint density at radius 3 is 2.68 bits per heavy atom. The number of aromatic amines is 1. The van der Waals surface area contributed by atoms with Gasteiger partial charge in [0.05, 0.1) is 12.6 Å². The third-order valence-corrected chi connectivity index (χ3v) is 5.84. The second-order valence-electron chi connectivity index (χ2n) is 7.83. The van der Waals surface area contributed by atoms with E-state index in [-0.39, 0.29) is 17.8 Å². The van der Waals surface area contributed by atoms with Crippen LogP contribution in [0.3, 0.4) is 0 Å².